The lowest BCUT2D eigenvalue weighted by Gasteiger charge is -2.15. The highest BCUT2D eigenvalue weighted by Gasteiger charge is 2.22. The van der Waals surface area contributed by atoms with Gasteiger partial charge >= 0.3 is 0 Å². The van der Waals surface area contributed by atoms with E-state index in [9.17, 15) is 4.79 Å². The zero-order valence-electron chi connectivity index (χ0n) is 23.0. The van der Waals surface area contributed by atoms with Crippen LogP contribution in [0.5, 0.6) is 23.0 Å². The first-order valence-electron chi connectivity index (χ1n) is 12.6. The zero-order valence-corrected chi connectivity index (χ0v) is 23.0. The number of allylic oxidation sites excluding steroid dienone is 4. The molecule has 1 heterocycles. The van der Waals surface area contributed by atoms with Gasteiger partial charge in [0.25, 0.3) is 0 Å². The molecule has 0 fully saturated rings. The molecule has 0 aliphatic heterocycles. The van der Waals surface area contributed by atoms with Crippen LogP contribution in [0.25, 0.3) is 22.3 Å². The smallest absolute Gasteiger partial charge is 0.200 e. The van der Waals surface area contributed by atoms with E-state index in [1.54, 1.807) is 39.5 Å². The number of benzene rings is 2. The molecule has 0 radical (unpaired) electrons. The van der Waals surface area contributed by atoms with E-state index < -0.39 is 0 Å². The minimum atomic E-state index is -0.113. The summed E-state index contributed by atoms with van der Waals surface area (Å²) in [5, 5.41) is 0.406. The van der Waals surface area contributed by atoms with Crippen molar-refractivity contribution in [2.24, 2.45) is 0 Å². The summed E-state index contributed by atoms with van der Waals surface area (Å²) in [4.78, 5) is 13.9. The number of ether oxygens (including phenoxy) is 4. The third-order valence-corrected chi connectivity index (χ3v) is 6.35. The molecule has 0 bridgehead atoms. The quantitative estimate of drug-likeness (QED) is 0.187. The highest BCUT2D eigenvalue weighted by atomic mass is 16.5. The van der Waals surface area contributed by atoms with E-state index >= 15 is 0 Å². The van der Waals surface area contributed by atoms with E-state index in [4.69, 9.17) is 23.4 Å². The summed E-state index contributed by atoms with van der Waals surface area (Å²) in [5.74, 6) is 2.67. The molecule has 0 amide bonds. The van der Waals surface area contributed by atoms with Gasteiger partial charge in [0, 0.05) is 23.8 Å². The first-order chi connectivity index (χ1) is 17.8. The Morgan fingerprint density at radius 1 is 0.838 bits per heavy atom. The lowest BCUT2D eigenvalue weighted by atomic mass is 9.98. The lowest BCUT2D eigenvalue weighted by molar-refractivity contribution is 0.394. The maximum atomic E-state index is 13.9. The Bertz CT molecular complexity index is 1340. The summed E-state index contributed by atoms with van der Waals surface area (Å²) >= 11 is 0. The average Bonchev–Trinajstić information content (AvgIpc) is 2.90. The van der Waals surface area contributed by atoms with Crippen molar-refractivity contribution < 1.29 is 23.4 Å². The van der Waals surface area contributed by atoms with Gasteiger partial charge in [0.2, 0.25) is 0 Å². The van der Waals surface area contributed by atoms with E-state index in [1.165, 1.54) is 18.3 Å². The number of hydrogen-bond donors (Lipinski definition) is 0. The van der Waals surface area contributed by atoms with Gasteiger partial charge in [0.15, 0.2) is 5.43 Å². The summed E-state index contributed by atoms with van der Waals surface area (Å²) in [5.41, 5.74) is 4.26. The fourth-order valence-electron chi connectivity index (χ4n) is 4.32. The van der Waals surface area contributed by atoms with Crippen molar-refractivity contribution in [3.8, 4) is 34.3 Å². The van der Waals surface area contributed by atoms with Crippen molar-refractivity contribution in [3.63, 3.8) is 0 Å². The molecule has 3 rings (SSSR count). The van der Waals surface area contributed by atoms with Gasteiger partial charge in [-0.25, -0.2) is 0 Å². The average molecular weight is 507 g/mol. The molecule has 0 unspecified atom stereocenters. The summed E-state index contributed by atoms with van der Waals surface area (Å²) in [6.45, 7) is 6.40. The Balaban J connectivity index is 2.06. The van der Waals surface area contributed by atoms with Crippen LogP contribution in [-0.2, 0) is 6.42 Å². The summed E-state index contributed by atoms with van der Waals surface area (Å²) < 4.78 is 28.4. The molecule has 1 aromatic heterocycles. The van der Waals surface area contributed by atoms with Crippen molar-refractivity contribution in [3.05, 3.63) is 69.4 Å². The van der Waals surface area contributed by atoms with Crippen LogP contribution in [0.4, 0.5) is 0 Å². The van der Waals surface area contributed by atoms with Gasteiger partial charge in [0.05, 0.1) is 34.0 Å². The van der Waals surface area contributed by atoms with Crippen LogP contribution in [0.3, 0.4) is 0 Å². The topological polar surface area (TPSA) is 67.1 Å². The number of fused-ring (bicyclic) bond motifs is 1. The van der Waals surface area contributed by atoms with Gasteiger partial charge in [-0.3, -0.25) is 4.79 Å². The van der Waals surface area contributed by atoms with E-state index in [-0.39, 0.29) is 5.43 Å². The molecule has 0 saturated heterocycles. The van der Waals surface area contributed by atoms with Gasteiger partial charge in [-0.15, -0.1) is 0 Å². The number of unbranched alkanes of at least 4 members (excludes halogenated alkanes) is 1. The predicted molar refractivity (Wildman–Crippen MR) is 149 cm³/mol. The van der Waals surface area contributed by atoms with Crippen LogP contribution in [-0.4, -0.2) is 28.4 Å². The van der Waals surface area contributed by atoms with E-state index in [1.807, 2.05) is 12.1 Å². The Morgan fingerprint density at radius 2 is 1.54 bits per heavy atom. The normalized spacial score (nSPS) is 11.4. The van der Waals surface area contributed by atoms with Crippen LogP contribution < -0.4 is 24.4 Å². The molecule has 0 aliphatic carbocycles. The van der Waals surface area contributed by atoms with Gasteiger partial charge < -0.3 is 23.4 Å². The van der Waals surface area contributed by atoms with Crippen molar-refractivity contribution in [2.75, 3.05) is 28.4 Å². The molecule has 37 heavy (non-hydrogen) atoms. The second kappa shape index (κ2) is 13.0. The largest absolute Gasteiger partial charge is 0.497 e. The molecular weight excluding hydrogens is 468 g/mol. The maximum absolute atomic E-state index is 13.9. The Morgan fingerprint density at radius 3 is 2.19 bits per heavy atom. The number of methoxy groups -OCH3 is 4. The molecule has 2 aromatic carbocycles. The fraction of sp³-hybridized carbons (Fsp3) is 0.387. The first kappa shape index (κ1) is 27.9. The molecule has 198 valence electrons. The van der Waals surface area contributed by atoms with Gasteiger partial charge in [-0.05, 0) is 65.0 Å². The molecule has 0 spiro atoms. The second-order valence-corrected chi connectivity index (χ2v) is 9.27. The fourth-order valence-corrected chi connectivity index (χ4v) is 4.32. The summed E-state index contributed by atoms with van der Waals surface area (Å²) in [6.07, 6.45) is 8.84. The molecule has 0 aliphatic rings. The highest BCUT2D eigenvalue weighted by Crippen LogP contribution is 2.38. The minimum Gasteiger partial charge on any atom is -0.497 e. The molecule has 0 atom stereocenters. The molecule has 6 nitrogen and oxygen atoms in total. The van der Waals surface area contributed by atoms with Crippen LogP contribution in [0.2, 0.25) is 0 Å². The first-order valence-corrected chi connectivity index (χ1v) is 12.6. The highest BCUT2D eigenvalue weighted by molar-refractivity contribution is 5.88. The van der Waals surface area contributed by atoms with Gasteiger partial charge in [0.1, 0.15) is 39.7 Å². The molecular formula is C31H38O6. The van der Waals surface area contributed by atoms with Crippen LogP contribution in [0, 0.1) is 0 Å². The molecule has 6 heteroatoms. The predicted octanol–water partition coefficient (Wildman–Crippen LogP) is 7.51. The van der Waals surface area contributed by atoms with Crippen molar-refractivity contribution in [2.45, 2.75) is 52.9 Å². The number of rotatable bonds is 12. The second-order valence-electron chi connectivity index (χ2n) is 9.27. The molecule has 0 saturated carbocycles. The third kappa shape index (κ3) is 6.76. The standard InChI is InChI=1S/C31H38O6/c1-20(2)11-10-13-21(3)12-8-9-14-25-30(32)29-27(36-7)18-23(34-5)19-28(29)37-31(25)24-16-15-22(33-4)17-26(24)35-6/h11-12,15-19H,8-10,13-14H2,1-7H3/b21-12+. The van der Waals surface area contributed by atoms with Crippen LogP contribution >= 0.6 is 0 Å². The zero-order chi connectivity index (χ0) is 26.9. The minimum absolute atomic E-state index is 0.113. The van der Waals surface area contributed by atoms with Crippen molar-refractivity contribution >= 4 is 11.0 Å². The van der Waals surface area contributed by atoms with Gasteiger partial charge in [-0.1, -0.05) is 23.3 Å². The Hall–Kier alpha value is -3.67. The van der Waals surface area contributed by atoms with Crippen molar-refractivity contribution in [1.29, 1.82) is 0 Å². The van der Waals surface area contributed by atoms with Gasteiger partial charge in [-0.2, -0.15) is 0 Å². The Kier molecular flexibility index (Phi) is 9.84. The van der Waals surface area contributed by atoms with Crippen molar-refractivity contribution in [1.82, 2.24) is 0 Å². The SMILES string of the molecule is COc1ccc(-c2oc3cc(OC)cc(OC)c3c(=O)c2CCC/C=C(\C)CCC=C(C)C)c(OC)c1. The van der Waals surface area contributed by atoms with Crippen LogP contribution in [0.15, 0.2) is 62.8 Å². The summed E-state index contributed by atoms with van der Waals surface area (Å²) in [6, 6.07) is 8.89. The molecule has 0 N–H and O–H groups in total. The number of hydrogen-bond acceptors (Lipinski definition) is 6. The lowest BCUT2D eigenvalue weighted by Crippen LogP contribution is -2.13. The van der Waals surface area contributed by atoms with E-state index in [0.717, 1.165) is 25.7 Å². The van der Waals surface area contributed by atoms with E-state index in [2.05, 4.69) is 32.9 Å². The summed E-state index contributed by atoms with van der Waals surface area (Å²) in [7, 11) is 6.29. The molecule has 3 aromatic rings. The third-order valence-electron chi connectivity index (χ3n) is 6.35. The maximum Gasteiger partial charge on any atom is 0.200 e. The van der Waals surface area contributed by atoms with Crippen LogP contribution in [0.1, 0.15) is 52.0 Å². The van der Waals surface area contributed by atoms with E-state index in [0.29, 0.717) is 57.3 Å². The Labute approximate surface area is 219 Å². The monoisotopic (exact) mass is 506 g/mol.